The fourth-order valence-corrected chi connectivity index (χ4v) is 2.47. The molecule has 0 aromatic carbocycles. The zero-order chi connectivity index (χ0) is 13.8. The van der Waals surface area contributed by atoms with E-state index in [0.29, 0.717) is 17.0 Å². The second-order valence-electron chi connectivity index (χ2n) is 3.91. The highest BCUT2D eigenvalue weighted by molar-refractivity contribution is 8.14. The number of amides is 1. The lowest BCUT2D eigenvalue weighted by molar-refractivity contribution is 0.0692. The van der Waals surface area contributed by atoms with Gasteiger partial charge in [-0.3, -0.25) is 15.1 Å². The molecule has 1 radical (unpaired) electrons. The van der Waals surface area contributed by atoms with E-state index in [-0.39, 0.29) is 11.1 Å². The van der Waals surface area contributed by atoms with E-state index in [9.17, 15) is 9.59 Å². The largest absolute Gasteiger partial charge is 0.478 e. The van der Waals surface area contributed by atoms with Crippen molar-refractivity contribution in [3.63, 3.8) is 0 Å². The molecule has 7 heteroatoms. The lowest BCUT2D eigenvalue weighted by Crippen LogP contribution is -2.12. The Kier molecular flexibility index (Phi) is 4.16. The number of nitrogens with zero attached hydrogens (tertiary/aromatic N) is 3. The van der Waals surface area contributed by atoms with E-state index in [1.165, 1.54) is 30.2 Å². The minimum atomic E-state index is -1.17. The average Bonchev–Trinajstić information content (AvgIpc) is 2.86. The molecule has 1 aliphatic rings. The summed E-state index contributed by atoms with van der Waals surface area (Å²) in [6, 6.07) is 1.28. The van der Waals surface area contributed by atoms with E-state index in [2.05, 4.69) is 15.3 Å². The maximum absolute atomic E-state index is 12.0. The van der Waals surface area contributed by atoms with Crippen LogP contribution in [0.2, 0.25) is 0 Å². The molecule has 0 bridgehead atoms. The molecule has 1 fully saturated rings. The van der Waals surface area contributed by atoms with Gasteiger partial charge in [0, 0.05) is 17.6 Å². The van der Waals surface area contributed by atoms with Gasteiger partial charge in [-0.15, -0.1) is 0 Å². The van der Waals surface area contributed by atoms with Crippen molar-refractivity contribution in [3.8, 4) is 0 Å². The number of hydrogen-bond donors (Lipinski definition) is 1. The molecule has 99 valence electrons. The number of aromatic carboxylic acids is 1. The molecule has 1 aromatic rings. The standard InChI is InChI=1S/C12H12N3O3S/c1-2-7-5-14-12(19-7)15-10(16)9-6-13-4-3-8(9)11(17)18/h3-4,6-7H,2,5H2,1H3,(H,17,18). The number of hydrogen-bond acceptors (Lipinski definition) is 4. The van der Waals surface area contributed by atoms with Crippen LogP contribution in [0.25, 0.3) is 0 Å². The Labute approximate surface area is 114 Å². The van der Waals surface area contributed by atoms with Crippen molar-refractivity contribution in [2.45, 2.75) is 18.6 Å². The topological polar surface area (TPSA) is 93.7 Å². The predicted octanol–water partition coefficient (Wildman–Crippen LogP) is 1.41. The fraction of sp³-hybridized carbons (Fsp3) is 0.333. The number of carbonyl (C=O) groups excluding carboxylic acids is 1. The Morgan fingerprint density at radius 1 is 1.53 bits per heavy atom. The lowest BCUT2D eigenvalue weighted by Gasteiger charge is -2.01. The Morgan fingerprint density at radius 3 is 2.95 bits per heavy atom. The van der Waals surface area contributed by atoms with Gasteiger partial charge in [-0.1, -0.05) is 18.7 Å². The summed E-state index contributed by atoms with van der Waals surface area (Å²) in [7, 11) is 0. The molecule has 1 aliphatic heterocycles. The maximum atomic E-state index is 12.0. The summed E-state index contributed by atoms with van der Waals surface area (Å²) in [6.07, 6.45) is 3.50. The van der Waals surface area contributed by atoms with Gasteiger partial charge in [0.15, 0.2) is 5.17 Å². The highest BCUT2D eigenvalue weighted by Crippen LogP contribution is 2.22. The van der Waals surface area contributed by atoms with Crippen LogP contribution in [0.3, 0.4) is 0 Å². The molecule has 1 N–H and O–H groups in total. The van der Waals surface area contributed by atoms with Gasteiger partial charge in [-0.05, 0) is 12.5 Å². The molecule has 0 saturated carbocycles. The van der Waals surface area contributed by atoms with E-state index >= 15 is 0 Å². The predicted molar refractivity (Wildman–Crippen MR) is 71.6 cm³/mol. The number of amidine groups is 1. The van der Waals surface area contributed by atoms with Gasteiger partial charge < -0.3 is 5.11 Å². The summed E-state index contributed by atoms with van der Waals surface area (Å²) in [5, 5.41) is 13.9. The van der Waals surface area contributed by atoms with Crippen LogP contribution in [0, 0.1) is 0 Å². The molecule has 6 nitrogen and oxygen atoms in total. The van der Waals surface area contributed by atoms with Crippen molar-refractivity contribution >= 4 is 28.8 Å². The molecule has 1 saturated heterocycles. The normalized spacial score (nSPS) is 20.3. The molecule has 1 aromatic heterocycles. The number of carboxylic acids is 1. The van der Waals surface area contributed by atoms with Crippen molar-refractivity contribution in [3.05, 3.63) is 29.6 Å². The third-order valence-corrected chi connectivity index (χ3v) is 3.88. The summed E-state index contributed by atoms with van der Waals surface area (Å²) in [4.78, 5) is 30.6. The van der Waals surface area contributed by atoms with Crippen LogP contribution in [-0.2, 0) is 0 Å². The van der Waals surface area contributed by atoms with Crippen molar-refractivity contribution in [2.75, 3.05) is 6.54 Å². The summed E-state index contributed by atoms with van der Waals surface area (Å²) in [5.74, 6) is -1.79. The van der Waals surface area contributed by atoms with E-state index in [4.69, 9.17) is 5.11 Å². The summed E-state index contributed by atoms with van der Waals surface area (Å²) >= 11 is 1.44. The van der Waals surface area contributed by atoms with Crippen LogP contribution in [-0.4, -0.2) is 38.9 Å². The number of aliphatic imine (C=N–C) groups is 1. The highest BCUT2D eigenvalue weighted by Gasteiger charge is 2.23. The van der Waals surface area contributed by atoms with Gasteiger partial charge in [0.2, 0.25) is 0 Å². The van der Waals surface area contributed by atoms with Crippen molar-refractivity contribution < 1.29 is 14.7 Å². The minimum Gasteiger partial charge on any atom is -0.478 e. The first-order valence-corrected chi connectivity index (χ1v) is 6.64. The van der Waals surface area contributed by atoms with Crippen LogP contribution < -0.4 is 5.32 Å². The quantitative estimate of drug-likeness (QED) is 0.902. The van der Waals surface area contributed by atoms with Gasteiger partial charge >= 0.3 is 5.97 Å². The van der Waals surface area contributed by atoms with E-state index in [1.807, 2.05) is 6.92 Å². The zero-order valence-corrected chi connectivity index (χ0v) is 11.1. The summed E-state index contributed by atoms with van der Waals surface area (Å²) in [5.41, 5.74) is -0.113. The minimum absolute atomic E-state index is 0.0155. The first-order valence-electron chi connectivity index (χ1n) is 5.76. The average molecular weight is 278 g/mol. The first kappa shape index (κ1) is 13.5. The molecular formula is C12H12N3O3S. The first-order chi connectivity index (χ1) is 9.11. The molecule has 1 unspecified atom stereocenters. The van der Waals surface area contributed by atoms with Crippen LogP contribution in [0.4, 0.5) is 0 Å². The summed E-state index contributed by atoms with van der Waals surface area (Å²) in [6.45, 7) is 2.69. The molecule has 2 rings (SSSR count). The van der Waals surface area contributed by atoms with E-state index in [1.54, 1.807) is 0 Å². The summed E-state index contributed by atoms with van der Waals surface area (Å²) < 4.78 is 0. The Bertz CT molecular complexity index is 545. The third-order valence-electron chi connectivity index (χ3n) is 2.64. The van der Waals surface area contributed by atoms with E-state index in [0.717, 1.165) is 6.42 Å². The smallest absolute Gasteiger partial charge is 0.336 e. The molecule has 1 atom stereocenters. The molecule has 19 heavy (non-hydrogen) atoms. The Hall–Kier alpha value is -1.89. The van der Waals surface area contributed by atoms with Crippen molar-refractivity contribution in [1.82, 2.24) is 10.3 Å². The maximum Gasteiger partial charge on any atom is 0.336 e. The van der Waals surface area contributed by atoms with Gasteiger partial charge in [0.05, 0.1) is 17.7 Å². The number of aromatic nitrogens is 1. The van der Waals surface area contributed by atoms with Crippen molar-refractivity contribution in [2.24, 2.45) is 4.99 Å². The second kappa shape index (κ2) is 5.83. The van der Waals surface area contributed by atoms with E-state index < -0.39 is 11.9 Å². The number of carbonyl (C=O) groups is 2. The third kappa shape index (κ3) is 3.11. The Balaban J connectivity index is 2.21. The van der Waals surface area contributed by atoms with Gasteiger partial charge in [-0.2, -0.15) is 4.99 Å². The zero-order valence-electron chi connectivity index (χ0n) is 10.2. The lowest BCUT2D eigenvalue weighted by atomic mass is 10.1. The highest BCUT2D eigenvalue weighted by atomic mass is 32.2. The Morgan fingerprint density at radius 2 is 2.32 bits per heavy atom. The molecular weight excluding hydrogens is 266 g/mol. The van der Waals surface area contributed by atoms with Crippen LogP contribution in [0.1, 0.15) is 34.1 Å². The number of pyridine rings is 1. The van der Waals surface area contributed by atoms with Crippen LogP contribution in [0.5, 0.6) is 0 Å². The molecule has 1 amide bonds. The second-order valence-corrected chi connectivity index (χ2v) is 5.18. The van der Waals surface area contributed by atoms with Gasteiger partial charge in [0.1, 0.15) is 0 Å². The van der Waals surface area contributed by atoms with Gasteiger partial charge in [0.25, 0.3) is 5.91 Å². The molecule has 2 heterocycles. The monoisotopic (exact) mass is 278 g/mol. The number of carboxylic acid groups (broad SMARTS) is 1. The number of rotatable bonds is 3. The SMILES string of the molecule is CCC1C[N]C(=NC(=O)c2cnccc2C(=O)O)S1. The molecule has 0 aliphatic carbocycles. The molecule has 0 spiro atoms. The van der Waals surface area contributed by atoms with Crippen LogP contribution in [0.15, 0.2) is 23.5 Å². The fourth-order valence-electron chi connectivity index (χ4n) is 1.58. The number of thioether (sulfide) groups is 1. The van der Waals surface area contributed by atoms with Crippen LogP contribution >= 0.6 is 11.8 Å². The van der Waals surface area contributed by atoms with Crippen molar-refractivity contribution in [1.29, 1.82) is 0 Å². The van der Waals surface area contributed by atoms with Gasteiger partial charge in [-0.25, -0.2) is 4.79 Å².